The lowest BCUT2D eigenvalue weighted by atomic mass is 9.87. The molecule has 0 spiro atoms. The van der Waals surface area contributed by atoms with E-state index in [-0.39, 0.29) is 12.6 Å². The van der Waals surface area contributed by atoms with E-state index in [0.717, 1.165) is 35.9 Å². The van der Waals surface area contributed by atoms with Gasteiger partial charge in [-0.15, -0.1) is 0 Å². The summed E-state index contributed by atoms with van der Waals surface area (Å²) in [6, 6.07) is 10.2. The predicted molar refractivity (Wildman–Crippen MR) is 93.3 cm³/mol. The molecule has 1 aliphatic rings. The molecule has 1 aromatic heterocycles. The first-order valence-corrected chi connectivity index (χ1v) is 8.49. The molecule has 0 amide bonds. The van der Waals surface area contributed by atoms with Gasteiger partial charge in [0.2, 0.25) is 0 Å². The van der Waals surface area contributed by atoms with Crippen LogP contribution in [0.1, 0.15) is 42.7 Å². The summed E-state index contributed by atoms with van der Waals surface area (Å²) in [5.74, 6) is 1.00. The van der Waals surface area contributed by atoms with Crippen LogP contribution in [-0.4, -0.2) is 23.2 Å². The molecular formula is C19H22ClNO2. The Morgan fingerprint density at radius 2 is 2.26 bits per heavy atom. The Hall–Kier alpha value is -1.55. The second kappa shape index (κ2) is 7.35. The molecule has 23 heavy (non-hydrogen) atoms. The zero-order valence-electron chi connectivity index (χ0n) is 13.3. The second-order valence-electron chi connectivity index (χ2n) is 5.86. The molecule has 1 aromatic carbocycles. The molecule has 0 fully saturated rings. The molecule has 1 aliphatic heterocycles. The molecule has 4 heteroatoms. The highest BCUT2D eigenvalue weighted by atomic mass is 35.5. The molecule has 122 valence electrons. The van der Waals surface area contributed by atoms with Crippen molar-refractivity contribution in [2.45, 2.75) is 32.4 Å². The second-order valence-corrected chi connectivity index (χ2v) is 6.29. The van der Waals surface area contributed by atoms with Crippen LogP contribution in [0.25, 0.3) is 5.57 Å². The van der Waals surface area contributed by atoms with Crippen LogP contribution in [0.5, 0.6) is 0 Å². The van der Waals surface area contributed by atoms with Gasteiger partial charge in [0.1, 0.15) is 5.76 Å². The highest BCUT2D eigenvalue weighted by Crippen LogP contribution is 2.43. The molecule has 0 saturated carbocycles. The fourth-order valence-corrected chi connectivity index (χ4v) is 3.54. The standard InChI is InChI=1S/C19H22ClNO2/c1-2-9-21-13-18-16(8-11-23-18)17(7-4-10-22)19(21)14-5-3-6-15(20)12-14/h3,5-8,11-12,19,22H,2,4,9-10,13H2,1H3/b17-7+/t19-/m1/s1. The van der Waals surface area contributed by atoms with E-state index in [1.807, 2.05) is 24.3 Å². The van der Waals surface area contributed by atoms with E-state index < -0.39 is 0 Å². The van der Waals surface area contributed by atoms with Crippen LogP contribution < -0.4 is 0 Å². The molecule has 3 nitrogen and oxygen atoms in total. The fraction of sp³-hybridized carbons (Fsp3) is 0.368. The van der Waals surface area contributed by atoms with Crippen molar-refractivity contribution >= 4 is 17.2 Å². The molecule has 2 aromatic rings. The third kappa shape index (κ3) is 3.37. The number of aliphatic hydroxyl groups is 1. The van der Waals surface area contributed by atoms with E-state index in [9.17, 15) is 5.11 Å². The van der Waals surface area contributed by atoms with E-state index in [2.05, 4.69) is 24.0 Å². The number of hydrogen-bond donors (Lipinski definition) is 1. The highest BCUT2D eigenvalue weighted by Gasteiger charge is 2.32. The number of furan rings is 1. The summed E-state index contributed by atoms with van der Waals surface area (Å²) >= 11 is 6.22. The highest BCUT2D eigenvalue weighted by molar-refractivity contribution is 6.30. The van der Waals surface area contributed by atoms with Gasteiger partial charge in [-0.25, -0.2) is 0 Å². The smallest absolute Gasteiger partial charge is 0.125 e. The number of rotatable bonds is 5. The number of fused-ring (bicyclic) bond motifs is 1. The lowest BCUT2D eigenvalue weighted by molar-refractivity contribution is 0.201. The van der Waals surface area contributed by atoms with Crippen LogP contribution in [0.3, 0.4) is 0 Å². The lowest BCUT2D eigenvalue weighted by Gasteiger charge is -2.37. The molecule has 1 N–H and O–H groups in total. The van der Waals surface area contributed by atoms with Gasteiger partial charge in [0.25, 0.3) is 0 Å². The minimum absolute atomic E-state index is 0.144. The fourth-order valence-electron chi connectivity index (χ4n) is 3.34. The van der Waals surface area contributed by atoms with Crippen LogP contribution in [0.2, 0.25) is 5.02 Å². The van der Waals surface area contributed by atoms with Gasteiger partial charge in [-0.1, -0.05) is 36.7 Å². The molecule has 0 saturated heterocycles. The molecule has 1 atom stereocenters. The molecule has 0 radical (unpaired) electrons. The maximum absolute atomic E-state index is 9.26. The van der Waals surface area contributed by atoms with Crippen LogP contribution >= 0.6 is 11.6 Å². The minimum atomic E-state index is 0.144. The number of aliphatic hydroxyl groups excluding tert-OH is 1. The zero-order valence-corrected chi connectivity index (χ0v) is 14.1. The summed E-state index contributed by atoms with van der Waals surface area (Å²) in [5.41, 5.74) is 3.53. The quantitative estimate of drug-likeness (QED) is 0.865. The van der Waals surface area contributed by atoms with Crippen molar-refractivity contribution in [2.75, 3.05) is 13.2 Å². The Balaban J connectivity index is 2.09. The Morgan fingerprint density at radius 1 is 1.39 bits per heavy atom. The summed E-state index contributed by atoms with van der Waals surface area (Å²) in [5, 5.41) is 10.0. The lowest BCUT2D eigenvalue weighted by Crippen LogP contribution is -2.33. The van der Waals surface area contributed by atoms with Gasteiger partial charge in [0.15, 0.2) is 0 Å². The normalized spacial score (nSPS) is 20.0. The average molecular weight is 332 g/mol. The Morgan fingerprint density at radius 3 is 3.00 bits per heavy atom. The summed E-state index contributed by atoms with van der Waals surface area (Å²) in [4.78, 5) is 2.42. The Labute approximate surface area is 142 Å². The van der Waals surface area contributed by atoms with Crippen LogP contribution in [0.4, 0.5) is 0 Å². The van der Waals surface area contributed by atoms with E-state index in [4.69, 9.17) is 16.0 Å². The van der Waals surface area contributed by atoms with Crippen LogP contribution in [0.15, 0.2) is 47.1 Å². The minimum Gasteiger partial charge on any atom is -0.467 e. The van der Waals surface area contributed by atoms with Gasteiger partial charge in [-0.2, -0.15) is 0 Å². The molecule has 0 bridgehead atoms. The SMILES string of the molecule is CCCN1Cc2occc2/C(=C\CCO)[C@H]1c1cccc(Cl)c1. The van der Waals surface area contributed by atoms with Crippen molar-refractivity contribution in [1.29, 1.82) is 0 Å². The van der Waals surface area contributed by atoms with Crippen molar-refractivity contribution < 1.29 is 9.52 Å². The van der Waals surface area contributed by atoms with Crippen molar-refractivity contribution in [3.63, 3.8) is 0 Å². The van der Waals surface area contributed by atoms with Gasteiger partial charge in [0, 0.05) is 17.2 Å². The summed E-state index contributed by atoms with van der Waals surface area (Å²) < 4.78 is 5.68. The maximum Gasteiger partial charge on any atom is 0.125 e. The van der Waals surface area contributed by atoms with Crippen LogP contribution in [0, 0.1) is 0 Å². The number of nitrogens with zero attached hydrogens (tertiary/aromatic N) is 1. The Kier molecular flexibility index (Phi) is 5.21. The molecule has 2 heterocycles. The monoisotopic (exact) mass is 331 g/mol. The van der Waals surface area contributed by atoms with Gasteiger partial charge in [0.05, 0.1) is 18.8 Å². The first-order valence-electron chi connectivity index (χ1n) is 8.11. The maximum atomic E-state index is 9.26. The molecule has 0 aliphatic carbocycles. The first kappa shape index (κ1) is 16.3. The van der Waals surface area contributed by atoms with Crippen molar-refractivity contribution in [3.8, 4) is 0 Å². The van der Waals surface area contributed by atoms with E-state index >= 15 is 0 Å². The first-order chi connectivity index (χ1) is 11.2. The summed E-state index contributed by atoms with van der Waals surface area (Å²) in [6.45, 7) is 4.11. The largest absolute Gasteiger partial charge is 0.467 e. The number of halogens is 1. The van der Waals surface area contributed by atoms with Gasteiger partial charge < -0.3 is 9.52 Å². The molecule has 3 rings (SSSR count). The zero-order chi connectivity index (χ0) is 16.2. The van der Waals surface area contributed by atoms with E-state index in [1.54, 1.807) is 6.26 Å². The molecule has 0 unspecified atom stereocenters. The van der Waals surface area contributed by atoms with Crippen molar-refractivity contribution in [1.82, 2.24) is 4.90 Å². The van der Waals surface area contributed by atoms with Gasteiger partial charge >= 0.3 is 0 Å². The predicted octanol–water partition coefficient (Wildman–Crippen LogP) is 4.67. The summed E-state index contributed by atoms with van der Waals surface area (Å²) in [6.07, 6.45) is 5.58. The number of benzene rings is 1. The number of hydrogen-bond acceptors (Lipinski definition) is 3. The van der Waals surface area contributed by atoms with Gasteiger partial charge in [-0.3, -0.25) is 4.90 Å². The van der Waals surface area contributed by atoms with Crippen molar-refractivity contribution in [2.24, 2.45) is 0 Å². The summed E-state index contributed by atoms with van der Waals surface area (Å²) in [7, 11) is 0. The average Bonchev–Trinajstić information content (AvgIpc) is 3.00. The van der Waals surface area contributed by atoms with Crippen molar-refractivity contribution in [3.05, 3.63) is 64.6 Å². The van der Waals surface area contributed by atoms with E-state index in [1.165, 1.54) is 11.1 Å². The van der Waals surface area contributed by atoms with Crippen LogP contribution in [-0.2, 0) is 6.54 Å². The third-order valence-corrected chi connectivity index (χ3v) is 4.47. The van der Waals surface area contributed by atoms with E-state index in [0.29, 0.717) is 6.42 Å². The molecular weight excluding hydrogens is 310 g/mol. The topological polar surface area (TPSA) is 36.6 Å². The Bertz CT molecular complexity index is 692. The van der Waals surface area contributed by atoms with Gasteiger partial charge in [-0.05, 0) is 48.7 Å². The third-order valence-electron chi connectivity index (χ3n) is 4.23.